The SMILES string of the molecule is CC(C)C(=O)Cc1nc(-c2cscn2)no1. The topological polar surface area (TPSA) is 68.9 Å². The van der Waals surface area contributed by atoms with E-state index in [9.17, 15) is 4.79 Å². The van der Waals surface area contributed by atoms with Gasteiger partial charge in [0.2, 0.25) is 11.7 Å². The van der Waals surface area contributed by atoms with E-state index in [1.807, 2.05) is 19.2 Å². The molecule has 16 heavy (non-hydrogen) atoms. The van der Waals surface area contributed by atoms with Crippen molar-refractivity contribution in [2.24, 2.45) is 5.92 Å². The van der Waals surface area contributed by atoms with E-state index in [1.54, 1.807) is 5.51 Å². The molecule has 0 unspecified atom stereocenters. The Hall–Kier alpha value is -1.56. The maximum absolute atomic E-state index is 11.5. The molecular weight excluding hydrogens is 226 g/mol. The van der Waals surface area contributed by atoms with Gasteiger partial charge in [-0.1, -0.05) is 19.0 Å². The molecule has 0 bridgehead atoms. The largest absolute Gasteiger partial charge is 0.338 e. The molecular formula is C10H11N3O2S. The van der Waals surface area contributed by atoms with Gasteiger partial charge in [0.1, 0.15) is 11.5 Å². The summed E-state index contributed by atoms with van der Waals surface area (Å²) in [6.07, 6.45) is 0.189. The molecule has 84 valence electrons. The lowest BCUT2D eigenvalue weighted by Crippen LogP contribution is -2.10. The molecule has 0 fully saturated rings. The van der Waals surface area contributed by atoms with Crippen molar-refractivity contribution in [1.29, 1.82) is 0 Å². The van der Waals surface area contributed by atoms with Crippen LogP contribution in [0.15, 0.2) is 15.4 Å². The summed E-state index contributed by atoms with van der Waals surface area (Å²) >= 11 is 1.46. The van der Waals surface area contributed by atoms with Crippen LogP contribution in [0, 0.1) is 5.92 Å². The van der Waals surface area contributed by atoms with Gasteiger partial charge in [0.05, 0.1) is 11.9 Å². The Balaban J connectivity index is 2.11. The highest BCUT2D eigenvalue weighted by atomic mass is 32.1. The first-order valence-electron chi connectivity index (χ1n) is 4.90. The van der Waals surface area contributed by atoms with Crippen molar-refractivity contribution in [2.45, 2.75) is 20.3 Å². The minimum absolute atomic E-state index is 0.0189. The minimum atomic E-state index is -0.0189. The first-order valence-corrected chi connectivity index (χ1v) is 5.85. The number of hydrogen-bond donors (Lipinski definition) is 0. The quantitative estimate of drug-likeness (QED) is 0.813. The zero-order valence-electron chi connectivity index (χ0n) is 9.01. The van der Waals surface area contributed by atoms with Crippen molar-refractivity contribution in [3.63, 3.8) is 0 Å². The lowest BCUT2D eigenvalue weighted by Gasteiger charge is -1.98. The third-order valence-corrected chi connectivity index (χ3v) is 2.69. The van der Waals surface area contributed by atoms with Gasteiger partial charge in [-0.3, -0.25) is 4.79 Å². The van der Waals surface area contributed by atoms with Crippen LogP contribution in [0.2, 0.25) is 0 Å². The molecule has 0 radical (unpaired) electrons. The van der Waals surface area contributed by atoms with E-state index >= 15 is 0 Å². The molecule has 0 saturated heterocycles. The summed E-state index contributed by atoms with van der Waals surface area (Å²) in [5, 5.41) is 5.61. The Bertz CT molecular complexity index is 476. The van der Waals surface area contributed by atoms with E-state index in [0.29, 0.717) is 17.4 Å². The summed E-state index contributed by atoms with van der Waals surface area (Å²) in [5.41, 5.74) is 2.38. The van der Waals surface area contributed by atoms with Crippen molar-refractivity contribution in [2.75, 3.05) is 0 Å². The predicted octanol–water partition coefficient (Wildman–Crippen LogP) is 1.96. The molecule has 0 spiro atoms. The summed E-state index contributed by atoms with van der Waals surface area (Å²) in [6, 6.07) is 0. The summed E-state index contributed by atoms with van der Waals surface area (Å²) in [6.45, 7) is 3.69. The number of rotatable bonds is 4. The third kappa shape index (κ3) is 2.33. The normalized spacial score (nSPS) is 10.9. The fourth-order valence-corrected chi connectivity index (χ4v) is 1.64. The molecule has 0 atom stereocenters. The van der Waals surface area contributed by atoms with Gasteiger partial charge in [-0.25, -0.2) is 4.98 Å². The van der Waals surface area contributed by atoms with Gasteiger partial charge in [0.25, 0.3) is 0 Å². The van der Waals surface area contributed by atoms with Crippen LogP contribution in [0.25, 0.3) is 11.5 Å². The number of ketones is 1. The molecule has 0 saturated carbocycles. The van der Waals surface area contributed by atoms with Crippen LogP contribution in [-0.2, 0) is 11.2 Å². The van der Waals surface area contributed by atoms with Gasteiger partial charge in [0.15, 0.2) is 0 Å². The van der Waals surface area contributed by atoms with Crippen LogP contribution in [0.4, 0.5) is 0 Å². The highest BCUT2D eigenvalue weighted by molar-refractivity contribution is 7.07. The Morgan fingerprint density at radius 3 is 3.00 bits per heavy atom. The summed E-state index contributed by atoms with van der Waals surface area (Å²) in [4.78, 5) is 19.6. The van der Waals surface area contributed by atoms with E-state index in [4.69, 9.17) is 4.52 Å². The highest BCUT2D eigenvalue weighted by Crippen LogP contribution is 2.15. The van der Waals surface area contributed by atoms with Crippen LogP contribution in [0.1, 0.15) is 19.7 Å². The number of hydrogen-bond acceptors (Lipinski definition) is 6. The van der Waals surface area contributed by atoms with Crippen LogP contribution in [-0.4, -0.2) is 20.9 Å². The van der Waals surface area contributed by atoms with Crippen LogP contribution in [0.3, 0.4) is 0 Å². The Kier molecular flexibility index (Phi) is 3.09. The van der Waals surface area contributed by atoms with E-state index in [1.165, 1.54) is 11.3 Å². The molecule has 2 aromatic heterocycles. The highest BCUT2D eigenvalue weighted by Gasteiger charge is 2.15. The van der Waals surface area contributed by atoms with Crippen LogP contribution >= 0.6 is 11.3 Å². The molecule has 0 aliphatic heterocycles. The molecule has 2 heterocycles. The lowest BCUT2D eigenvalue weighted by atomic mass is 10.1. The lowest BCUT2D eigenvalue weighted by molar-refractivity contribution is -0.121. The molecule has 2 rings (SSSR count). The van der Waals surface area contributed by atoms with Gasteiger partial charge in [-0.15, -0.1) is 11.3 Å². The van der Waals surface area contributed by atoms with E-state index in [-0.39, 0.29) is 18.1 Å². The van der Waals surface area contributed by atoms with Gasteiger partial charge < -0.3 is 4.52 Å². The number of aromatic nitrogens is 3. The molecule has 0 N–H and O–H groups in total. The Morgan fingerprint density at radius 2 is 2.38 bits per heavy atom. The fraction of sp³-hybridized carbons (Fsp3) is 0.400. The molecule has 2 aromatic rings. The number of thiazole rings is 1. The number of Topliss-reactive ketones (excluding diaryl/α,β-unsaturated/α-hetero) is 1. The van der Waals surface area contributed by atoms with E-state index < -0.39 is 0 Å². The second-order valence-electron chi connectivity index (χ2n) is 3.68. The molecule has 0 aromatic carbocycles. The summed E-state index contributed by atoms with van der Waals surface area (Å²) in [7, 11) is 0. The second-order valence-corrected chi connectivity index (χ2v) is 4.40. The van der Waals surface area contributed by atoms with E-state index in [0.717, 1.165) is 0 Å². The van der Waals surface area contributed by atoms with Crippen molar-refractivity contribution < 1.29 is 9.32 Å². The first-order chi connectivity index (χ1) is 7.66. The van der Waals surface area contributed by atoms with Crippen LogP contribution in [0.5, 0.6) is 0 Å². The van der Waals surface area contributed by atoms with Crippen molar-refractivity contribution >= 4 is 17.1 Å². The molecule has 0 aliphatic rings. The third-order valence-electron chi connectivity index (χ3n) is 2.10. The minimum Gasteiger partial charge on any atom is -0.338 e. The maximum Gasteiger partial charge on any atom is 0.234 e. The van der Waals surface area contributed by atoms with Crippen molar-refractivity contribution in [3.8, 4) is 11.5 Å². The Morgan fingerprint density at radius 1 is 1.56 bits per heavy atom. The van der Waals surface area contributed by atoms with Crippen molar-refractivity contribution in [1.82, 2.24) is 15.1 Å². The average molecular weight is 237 g/mol. The van der Waals surface area contributed by atoms with Crippen LogP contribution < -0.4 is 0 Å². The smallest absolute Gasteiger partial charge is 0.234 e. The van der Waals surface area contributed by atoms with Crippen molar-refractivity contribution in [3.05, 3.63) is 16.8 Å². The number of carbonyl (C=O) groups is 1. The molecule has 6 heteroatoms. The van der Waals surface area contributed by atoms with Gasteiger partial charge in [-0.05, 0) is 0 Å². The van der Waals surface area contributed by atoms with E-state index in [2.05, 4.69) is 15.1 Å². The molecule has 0 amide bonds. The standard InChI is InChI=1S/C10H11N3O2S/c1-6(2)8(14)3-9-12-10(13-15-9)7-4-16-5-11-7/h4-6H,3H2,1-2H3. The zero-order valence-corrected chi connectivity index (χ0v) is 9.82. The first kappa shape index (κ1) is 10.9. The summed E-state index contributed by atoms with van der Waals surface area (Å²) in [5.74, 6) is 0.859. The average Bonchev–Trinajstić information content (AvgIpc) is 2.85. The number of nitrogens with zero attached hydrogens (tertiary/aromatic N) is 3. The monoisotopic (exact) mass is 237 g/mol. The summed E-state index contributed by atoms with van der Waals surface area (Å²) < 4.78 is 4.99. The molecule has 5 nitrogen and oxygen atoms in total. The van der Waals surface area contributed by atoms with Gasteiger partial charge in [-0.2, -0.15) is 4.98 Å². The van der Waals surface area contributed by atoms with Gasteiger partial charge >= 0.3 is 0 Å². The predicted molar refractivity (Wildman–Crippen MR) is 59.0 cm³/mol. The second kappa shape index (κ2) is 4.52. The molecule has 0 aliphatic carbocycles. The fourth-order valence-electron chi connectivity index (χ4n) is 1.11. The van der Waals surface area contributed by atoms with Gasteiger partial charge in [0, 0.05) is 11.3 Å². The Labute approximate surface area is 96.5 Å². The zero-order chi connectivity index (χ0) is 11.5. The number of carbonyl (C=O) groups excluding carboxylic acids is 1. The maximum atomic E-state index is 11.5.